The first kappa shape index (κ1) is 23.5. The molecule has 0 spiro atoms. The smallest absolute Gasteiger partial charge is 0.410 e. The van der Waals surface area contributed by atoms with Gasteiger partial charge in [-0.25, -0.2) is 4.79 Å². The molecule has 0 aliphatic carbocycles. The molecule has 1 aromatic heterocycles. The Morgan fingerprint density at radius 2 is 1.85 bits per heavy atom. The second-order valence-electron chi connectivity index (χ2n) is 10.4. The molecule has 4 atom stereocenters. The molecule has 2 saturated heterocycles. The van der Waals surface area contributed by atoms with E-state index in [4.69, 9.17) is 9.47 Å². The summed E-state index contributed by atoms with van der Waals surface area (Å²) in [6.45, 7) is 9.63. The number of piperidine rings is 1. The van der Waals surface area contributed by atoms with Gasteiger partial charge in [-0.3, -0.25) is 0 Å². The minimum atomic E-state index is -0.792. The Balaban J connectivity index is 1.58. The van der Waals surface area contributed by atoms with Crippen molar-refractivity contribution in [2.45, 2.75) is 84.1 Å². The number of rotatable bonds is 4. The van der Waals surface area contributed by atoms with Crippen molar-refractivity contribution < 1.29 is 19.4 Å². The molecule has 178 valence electrons. The number of benzene rings is 1. The molecule has 2 aromatic rings. The lowest BCUT2D eigenvalue weighted by molar-refractivity contribution is -0.0241. The number of carbonyl (C=O) groups excluding carboxylic acids is 1. The van der Waals surface area contributed by atoms with Gasteiger partial charge < -0.3 is 19.5 Å². The third-order valence-corrected chi connectivity index (χ3v) is 6.80. The summed E-state index contributed by atoms with van der Waals surface area (Å²) in [4.78, 5) is 14.8. The fourth-order valence-electron chi connectivity index (χ4n) is 5.29. The van der Waals surface area contributed by atoms with E-state index in [9.17, 15) is 9.90 Å². The van der Waals surface area contributed by atoms with Crippen LogP contribution in [0.5, 0.6) is 5.75 Å². The SMILES string of the molecule is COc1cc(C)ccc1-c1nnc(C(O)C2CCC3CCC2N3C(=O)OC(C)(C)C)cc1C. The molecule has 1 N–H and O–H groups in total. The highest BCUT2D eigenvalue weighted by Crippen LogP contribution is 2.45. The molecule has 7 heteroatoms. The van der Waals surface area contributed by atoms with Crippen LogP contribution in [0.3, 0.4) is 0 Å². The van der Waals surface area contributed by atoms with Gasteiger partial charge in [-0.1, -0.05) is 6.07 Å². The minimum Gasteiger partial charge on any atom is -0.496 e. The monoisotopic (exact) mass is 453 g/mol. The maximum Gasteiger partial charge on any atom is 0.410 e. The van der Waals surface area contributed by atoms with Gasteiger partial charge in [0, 0.05) is 23.6 Å². The lowest BCUT2D eigenvalue weighted by Gasteiger charge is -2.42. The zero-order valence-corrected chi connectivity index (χ0v) is 20.5. The first-order valence-corrected chi connectivity index (χ1v) is 11.8. The van der Waals surface area contributed by atoms with E-state index in [-0.39, 0.29) is 24.1 Å². The first-order chi connectivity index (χ1) is 15.6. The number of carbonyl (C=O) groups is 1. The third kappa shape index (κ3) is 4.69. The van der Waals surface area contributed by atoms with Gasteiger partial charge in [-0.15, -0.1) is 5.10 Å². The molecule has 0 radical (unpaired) electrons. The van der Waals surface area contributed by atoms with Crippen molar-refractivity contribution in [2.24, 2.45) is 5.92 Å². The quantitative estimate of drug-likeness (QED) is 0.703. The number of ether oxygens (including phenoxy) is 2. The average Bonchev–Trinajstić information content (AvgIpc) is 3.05. The van der Waals surface area contributed by atoms with Crippen LogP contribution in [0.25, 0.3) is 11.3 Å². The topological polar surface area (TPSA) is 84.8 Å². The van der Waals surface area contributed by atoms with Crippen molar-refractivity contribution in [2.75, 3.05) is 7.11 Å². The van der Waals surface area contributed by atoms with Crippen molar-refractivity contribution >= 4 is 6.09 Å². The van der Waals surface area contributed by atoms with Gasteiger partial charge in [0.1, 0.15) is 17.5 Å². The molecule has 2 aliphatic rings. The highest BCUT2D eigenvalue weighted by Gasteiger charge is 2.48. The number of aliphatic hydroxyl groups is 1. The van der Waals surface area contributed by atoms with E-state index in [2.05, 4.69) is 10.2 Å². The van der Waals surface area contributed by atoms with Gasteiger partial charge >= 0.3 is 6.09 Å². The Kier molecular flexibility index (Phi) is 6.36. The summed E-state index contributed by atoms with van der Waals surface area (Å²) in [6.07, 6.45) is 2.46. The molecule has 2 bridgehead atoms. The normalized spacial score (nSPS) is 23.4. The highest BCUT2D eigenvalue weighted by molar-refractivity contribution is 5.70. The van der Waals surface area contributed by atoms with Crippen LogP contribution < -0.4 is 4.74 Å². The zero-order valence-electron chi connectivity index (χ0n) is 20.5. The number of fused-ring (bicyclic) bond motifs is 2. The Bertz CT molecular complexity index is 1030. The van der Waals surface area contributed by atoms with Crippen LogP contribution in [0.15, 0.2) is 24.3 Å². The molecular formula is C26H35N3O4. The number of aromatic nitrogens is 2. The van der Waals surface area contributed by atoms with Crippen molar-refractivity contribution in [1.82, 2.24) is 15.1 Å². The van der Waals surface area contributed by atoms with Crippen molar-refractivity contribution in [3.63, 3.8) is 0 Å². The predicted octanol–water partition coefficient (Wildman–Crippen LogP) is 4.98. The summed E-state index contributed by atoms with van der Waals surface area (Å²) in [5, 5.41) is 20.2. The van der Waals surface area contributed by atoms with Gasteiger partial charge in [0.15, 0.2) is 0 Å². The number of nitrogens with zero attached hydrogens (tertiary/aromatic N) is 3. The lowest BCUT2D eigenvalue weighted by atomic mass is 9.84. The second kappa shape index (κ2) is 8.93. The number of methoxy groups -OCH3 is 1. The third-order valence-electron chi connectivity index (χ3n) is 6.80. The summed E-state index contributed by atoms with van der Waals surface area (Å²) in [5.74, 6) is 0.655. The van der Waals surface area contributed by atoms with Gasteiger partial charge in [-0.05, 0) is 89.6 Å². The highest BCUT2D eigenvalue weighted by atomic mass is 16.6. The molecule has 2 fully saturated rings. The van der Waals surface area contributed by atoms with Crippen LogP contribution in [0.2, 0.25) is 0 Å². The molecule has 33 heavy (non-hydrogen) atoms. The maximum atomic E-state index is 12.9. The van der Waals surface area contributed by atoms with Crippen LogP contribution in [0, 0.1) is 19.8 Å². The fraction of sp³-hybridized carbons (Fsp3) is 0.577. The molecule has 0 saturated carbocycles. The molecule has 3 heterocycles. The van der Waals surface area contributed by atoms with Gasteiger partial charge in [0.2, 0.25) is 0 Å². The summed E-state index contributed by atoms with van der Waals surface area (Å²) in [7, 11) is 1.65. The van der Waals surface area contributed by atoms with Gasteiger partial charge in [0.25, 0.3) is 0 Å². The standard InChI is InChI=1S/C26H35N3O4/c1-15-7-10-19(22(13-15)32-6)23-16(2)14-20(27-28-23)24(30)18-11-8-17-9-12-21(18)29(17)25(31)33-26(3,4)5/h7,10,13-14,17-18,21,24,30H,8-9,11-12H2,1-6H3. The summed E-state index contributed by atoms with van der Waals surface area (Å²) < 4.78 is 11.2. The average molecular weight is 454 g/mol. The van der Waals surface area contributed by atoms with E-state index in [0.29, 0.717) is 5.69 Å². The van der Waals surface area contributed by atoms with Gasteiger partial charge in [0.05, 0.1) is 18.5 Å². The molecule has 1 amide bonds. The summed E-state index contributed by atoms with van der Waals surface area (Å²) in [6, 6.07) is 8.03. The van der Waals surface area contributed by atoms with Crippen LogP contribution in [-0.2, 0) is 4.74 Å². The molecule has 7 nitrogen and oxygen atoms in total. The first-order valence-electron chi connectivity index (χ1n) is 11.8. The van der Waals surface area contributed by atoms with E-state index >= 15 is 0 Å². The molecule has 4 unspecified atom stereocenters. The molecule has 1 aromatic carbocycles. The number of aliphatic hydroxyl groups excluding tert-OH is 1. The second-order valence-corrected chi connectivity index (χ2v) is 10.4. The van der Waals surface area contributed by atoms with Crippen LogP contribution in [-0.4, -0.2) is 51.1 Å². The van der Waals surface area contributed by atoms with E-state index < -0.39 is 11.7 Å². The van der Waals surface area contributed by atoms with E-state index in [1.54, 1.807) is 7.11 Å². The molecular weight excluding hydrogens is 418 g/mol. The minimum absolute atomic E-state index is 0.0485. The van der Waals surface area contributed by atoms with E-state index in [0.717, 1.165) is 53.8 Å². The maximum absolute atomic E-state index is 12.9. The van der Waals surface area contributed by atoms with E-state index in [1.165, 1.54) is 0 Å². The Hall–Kier alpha value is -2.67. The van der Waals surface area contributed by atoms with E-state index in [1.807, 2.05) is 63.8 Å². The molecule has 4 rings (SSSR count). The predicted molar refractivity (Wildman–Crippen MR) is 126 cm³/mol. The zero-order chi connectivity index (χ0) is 23.9. The Morgan fingerprint density at radius 1 is 1.12 bits per heavy atom. The van der Waals surface area contributed by atoms with Crippen LogP contribution in [0.4, 0.5) is 4.79 Å². The largest absolute Gasteiger partial charge is 0.496 e. The Labute approximate surface area is 196 Å². The van der Waals surface area contributed by atoms with Crippen molar-refractivity contribution in [3.05, 3.63) is 41.1 Å². The number of aryl methyl sites for hydroxylation is 2. The molecule has 2 aliphatic heterocycles. The van der Waals surface area contributed by atoms with Crippen molar-refractivity contribution in [3.8, 4) is 17.0 Å². The fourth-order valence-corrected chi connectivity index (χ4v) is 5.29. The van der Waals surface area contributed by atoms with Gasteiger partial charge in [-0.2, -0.15) is 5.10 Å². The summed E-state index contributed by atoms with van der Waals surface area (Å²) >= 11 is 0. The summed E-state index contributed by atoms with van der Waals surface area (Å²) in [5.41, 5.74) is 3.64. The lowest BCUT2D eigenvalue weighted by Crippen LogP contribution is -2.51. The number of amides is 1. The number of hydrogen-bond donors (Lipinski definition) is 1. The van der Waals surface area contributed by atoms with Crippen LogP contribution >= 0.6 is 0 Å². The number of hydrogen-bond acceptors (Lipinski definition) is 6. The van der Waals surface area contributed by atoms with Crippen molar-refractivity contribution in [1.29, 1.82) is 0 Å². The van der Waals surface area contributed by atoms with Crippen LogP contribution in [0.1, 0.15) is 69.4 Å². The Morgan fingerprint density at radius 3 is 2.52 bits per heavy atom.